The summed E-state index contributed by atoms with van der Waals surface area (Å²) in [5.74, 6) is 0.802. The zero-order valence-electron chi connectivity index (χ0n) is 36.9. The predicted molar refractivity (Wildman–Crippen MR) is 234 cm³/mol. The van der Waals surface area contributed by atoms with Crippen LogP contribution in [0.1, 0.15) is 144 Å². The Morgan fingerprint density at radius 1 is 0.909 bits per heavy atom. The van der Waals surface area contributed by atoms with Crippen molar-refractivity contribution in [3.05, 3.63) is 94.5 Å². The Balaban J connectivity index is 0.000000448. The van der Waals surface area contributed by atoms with Crippen molar-refractivity contribution in [1.82, 2.24) is 9.97 Å². The zero-order chi connectivity index (χ0) is 41.0. The van der Waals surface area contributed by atoms with Gasteiger partial charge in [0.2, 0.25) is 0 Å². The van der Waals surface area contributed by atoms with Crippen molar-refractivity contribution >= 4 is 38.1 Å². The quantitative estimate of drug-likeness (QED) is 0.0814. The smallest absolute Gasteiger partial charge is 0.162 e. The van der Waals surface area contributed by atoms with E-state index in [1.807, 2.05) is 27.7 Å². The minimum absolute atomic E-state index is 0. The summed E-state index contributed by atoms with van der Waals surface area (Å²) in [6.45, 7) is 30.6. The number of carbonyl (C=O) groups excluding carboxylic acids is 1. The molecule has 0 bridgehead atoms. The number of fused-ring (bicyclic) bond motifs is 2. The van der Waals surface area contributed by atoms with Gasteiger partial charge in [-0.3, -0.25) is 9.78 Å². The van der Waals surface area contributed by atoms with Gasteiger partial charge in [-0.15, -0.1) is 40.5 Å². The van der Waals surface area contributed by atoms with Crippen LogP contribution in [0.15, 0.2) is 60.6 Å². The number of nitrogens with zero attached hydrogens (tertiary/aromatic N) is 2. The van der Waals surface area contributed by atoms with E-state index >= 15 is 0 Å². The third-order valence-corrected chi connectivity index (χ3v) is 11.7. The van der Waals surface area contributed by atoms with Crippen molar-refractivity contribution < 1.29 is 31.4 Å². The predicted octanol–water partition coefficient (Wildman–Crippen LogP) is 14.5. The van der Waals surface area contributed by atoms with Gasteiger partial charge in [-0.1, -0.05) is 124 Å². The van der Waals surface area contributed by atoms with Crippen molar-refractivity contribution in [1.29, 1.82) is 0 Å². The van der Waals surface area contributed by atoms with Crippen LogP contribution in [0.5, 0.6) is 0 Å². The Morgan fingerprint density at radius 2 is 1.49 bits per heavy atom. The van der Waals surface area contributed by atoms with Crippen LogP contribution >= 0.6 is 11.3 Å². The van der Waals surface area contributed by atoms with Crippen molar-refractivity contribution in [2.24, 2.45) is 17.3 Å². The Morgan fingerprint density at radius 3 is 2.02 bits per heavy atom. The molecule has 0 saturated heterocycles. The fourth-order valence-corrected chi connectivity index (χ4v) is 9.24. The number of allylic oxidation sites excluding steroid dienone is 2. The number of thiophene rings is 1. The van der Waals surface area contributed by atoms with Crippen molar-refractivity contribution in [2.75, 3.05) is 0 Å². The first-order valence-corrected chi connectivity index (χ1v) is 20.9. The fraction of sp³-hybridized carbons (Fsp3) is 0.490. The van der Waals surface area contributed by atoms with E-state index in [9.17, 15) is 9.90 Å². The molecule has 0 aliphatic rings. The van der Waals surface area contributed by atoms with E-state index in [0.29, 0.717) is 0 Å². The van der Waals surface area contributed by atoms with Crippen LogP contribution in [-0.4, -0.2) is 20.9 Å². The third-order valence-electron chi connectivity index (χ3n) is 10.5. The summed E-state index contributed by atoms with van der Waals surface area (Å²) in [6, 6.07) is 19.1. The summed E-state index contributed by atoms with van der Waals surface area (Å²) in [5, 5.41) is 12.0. The molecule has 6 heteroatoms. The summed E-state index contributed by atoms with van der Waals surface area (Å²) in [5.41, 5.74) is 10.6. The van der Waals surface area contributed by atoms with Crippen LogP contribution in [-0.2, 0) is 36.7 Å². The van der Waals surface area contributed by atoms with Crippen LogP contribution in [0.4, 0.5) is 0 Å². The molecule has 0 spiro atoms. The number of hydrogen-bond donors (Lipinski definition) is 1. The van der Waals surface area contributed by atoms with E-state index in [-0.39, 0.29) is 66.5 Å². The van der Waals surface area contributed by atoms with Gasteiger partial charge in [0.05, 0.1) is 11.3 Å². The van der Waals surface area contributed by atoms with E-state index < -0.39 is 0 Å². The first kappa shape index (κ1) is 44.5. The standard InChI is InChI=1S/C36H41N2S.C13H24O2.Ir/c1-21(2)29-32-34(39-33(29)30-22(3)15-24(16-23(30)4)19-35(5,6)7)31(37-20-38-32)26-17-25-13-11-12-14-27(25)28(18-26)36(8,9)10;1-5-10(6-2)12(14)9-13(15)11(7-3)8-4;/h11-16,18,20-21H,19H2,1-10H3;9-11,14H,5-8H2,1-4H3;/q-1;;/b;12-9-;/i20D;;. The van der Waals surface area contributed by atoms with Gasteiger partial charge in [0, 0.05) is 53.3 Å². The van der Waals surface area contributed by atoms with Gasteiger partial charge < -0.3 is 5.11 Å². The SMILES string of the molecule is CCC(CC)C(=O)/C=C(\O)C(CC)CC.[2H]c1nc(-c2[c-]c3ccccc3c(C(C)(C)C)c2)c2sc(-c3c(C)cc(CC(C)(C)C)cc3C)c(C(C)C)c2n1.[Ir]. The van der Waals surface area contributed by atoms with Crippen molar-refractivity contribution in [3.63, 3.8) is 0 Å². The van der Waals surface area contributed by atoms with Crippen LogP contribution in [0.3, 0.4) is 0 Å². The third kappa shape index (κ3) is 11.0. The molecule has 0 aliphatic carbocycles. The molecule has 1 N–H and O–H groups in total. The number of carbonyl (C=O) groups is 1. The molecule has 0 aliphatic heterocycles. The molecule has 5 rings (SSSR count). The van der Waals surface area contributed by atoms with Gasteiger partial charge >= 0.3 is 0 Å². The van der Waals surface area contributed by atoms with E-state index in [1.165, 1.54) is 49.7 Å². The Labute approximate surface area is 351 Å². The molecule has 4 nitrogen and oxygen atoms in total. The summed E-state index contributed by atoms with van der Waals surface area (Å²) in [6.07, 6.45) is 6.01. The molecule has 0 fully saturated rings. The molecule has 0 amide bonds. The van der Waals surface area contributed by atoms with Crippen LogP contribution in [0.25, 0.3) is 42.7 Å². The number of aliphatic hydroxyl groups is 1. The largest absolute Gasteiger partial charge is 0.512 e. The molecule has 5 aromatic rings. The molecular formula is C49H65IrN2O2S-. The molecule has 0 unspecified atom stereocenters. The van der Waals surface area contributed by atoms with Crippen molar-refractivity contribution in [3.8, 4) is 21.7 Å². The molecular weight excluding hydrogens is 873 g/mol. The number of rotatable bonds is 11. The fourth-order valence-electron chi connectivity index (χ4n) is 7.67. The minimum atomic E-state index is -0.0495. The summed E-state index contributed by atoms with van der Waals surface area (Å²) in [4.78, 5) is 22.4. The number of aliphatic hydroxyl groups excluding tert-OH is 1. The molecule has 1 radical (unpaired) electrons. The van der Waals surface area contributed by atoms with E-state index in [1.54, 1.807) is 11.3 Å². The average molecular weight is 939 g/mol. The van der Waals surface area contributed by atoms with E-state index in [0.717, 1.165) is 59.0 Å². The maximum absolute atomic E-state index is 11.7. The Bertz CT molecular complexity index is 2140. The second-order valence-electron chi connectivity index (χ2n) is 17.6. The average Bonchev–Trinajstić information content (AvgIpc) is 3.46. The maximum Gasteiger partial charge on any atom is 0.162 e. The van der Waals surface area contributed by atoms with Gasteiger partial charge in [-0.25, -0.2) is 4.98 Å². The summed E-state index contributed by atoms with van der Waals surface area (Å²) >= 11 is 1.77. The number of ketones is 1. The van der Waals surface area contributed by atoms with E-state index in [4.69, 9.17) is 11.3 Å². The molecule has 299 valence electrons. The number of aryl methyl sites for hydroxylation is 2. The topological polar surface area (TPSA) is 63.1 Å². The van der Waals surface area contributed by atoms with Gasteiger partial charge in [0.1, 0.15) is 7.67 Å². The first-order chi connectivity index (χ1) is 25.7. The minimum Gasteiger partial charge on any atom is -0.512 e. The molecule has 55 heavy (non-hydrogen) atoms. The number of aromatic nitrogens is 2. The van der Waals surface area contributed by atoms with Gasteiger partial charge in [0.25, 0.3) is 0 Å². The second-order valence-corrected chi connectivity index (χ2v) is 18.6. The first-order valence-electron chi connectivity index (χ1n) is 20.6. The van der Waals surface area contributed by atoms with Gasteiger partial charge in [-0.2, -0.15) is 0 Å². The normalized spacial score (nSPS) is 12.7. The Hall–Kier alpha value is -3.18. The molecule has 2 aromatic heterocycles. The molecule has 2 heterocycles. The molecule has 3 aromatic carbocycles. The summed E-state index contributed by atoms with van der Waals surface area (Å²) in [7, 11) is 0. The Kier molecular flexibility index (Phi) is 15.6. The van der Waals surface area contributed by atoms with Gasteiger partial charge in [0.15, 0.2) is 5.78 Å². The van der Waals surface area contributed by atoms with E-state index in [2.05, 4.69) is 118 Å². The monoisotopic (exact) mass is 939 g/mol. The van der Waals surface area contributed by atoms with Crippen molar-refractivity contribution in [2.45, 2.75) is 140 Å². The van der Waals surface area contributed by atoms with Crippen LogP contribution in [0.2, 0.25) is 0 Å². The zero-order valence-corrected chi connectivity index (χ0v) is 39.1. The van der Waals surface area contributed by atoms with Crippen LogP contribution < -0.4 is 0 Å². The number of hydrogen-bond acceptors (Lipinski definition) is 5. The van der Waals surface area contributed by atoms with Crippen LogP contribution in [0, 0.1) is 37.2 Å². The maximum atomic E-state index is 11.7. The second kappa shape index (κ2) is 19.3. The summed E-state index contributed by atoms with van der Waals surface area (Å²) < 4.78 is 9.66. The number of benzene rings is 3. The molecule has 0 atom stereocenters. The van der Waals surface area contributed by atoms with Gasteiger partial charge in [-0.05, 0) is 90.5 Å². The molecule has 0 saturated carbocycles.